The molecule has 0 atom stereocenters. The highest BCUT2D eigenvalue weighted by Gasteiger charge is 2.10. The van der Waals surface area contributed by atoms with Gasteiger partial charge in [-0.3, -0.25) is 10.2 Å². The van der Waals surface area contributed by atoms with Crippen LogP contribution in [0.4, 0.5) is 5.69 Å². The minimum Gasteiger partial charge on any atom is -0.468 e. The number of carbonyl (C=O) groups excluding carboxylic acids is 1. The van der Waals surface area contributed by atoms with E-state index >= 15 is 0 Å². The van der Waals surface area contributed by atoms with Gasteiger partial charge in [0, 0.05) is 5.56 Å². The van der Waals surface area contributed by atoms with E-state index in [0.29, 0.717) is 16.1 Å². The molecule has 0 bridgehead atoms. The number of rotatable bonds is 4. The summed E-state index contributed by atoms with van der Waals surface area (Å²) in [4.78, 5) is 12.1. The quantitative estimate of drug-likeness (QED) is 0.668. The van der Waals surface area contributed by atoms with Crippen molar-refractivity contribution < 1.29 is 9.53 Å². The molecule has 20 heavy (non-hydrogen) atoms. The van der Waals surface area contributed by atoms with Crippen molar-refractivity contribution in [3.8, 4) is 6.07 Å². The minimum absolute atomic E-state index is 0.0634. The van der Waals surface area contributed by atoms with Crippen molar-refractivity contribution >= 4 is 28.8 Å². The van der Waals surface area contributed by atoms with Crippen LogP contribution in [0.2, 0.25) is 0 Å². The van der Waals surface area contributed by atoms with Crippen molar-refractivity contribution in [1.29, 1.82) is 10.7 Å². The van der Waals surface area contributed by atoms with E-state index in [2.05, 4.69) is 5.32 Å². The zero-order valence-corrected chi connectivity index (χ0v) is 11.2. The molecule has 0 saturated heterocycles. The fourth-order valence-corrected chi connectivity index (χ4v) is 2.13. The summed E-state index contributed by atoms with van der Waals surface area (Å²) < 4.78 is 5.10. The maximum Gasteiger partial charge on any atom is 0.262 e. The molecule has 2 N–H and O–H groups in total. The van der Waals surface area contributed by atoms with E-state index in [1.54, 1.807) is 35.7 Å². The number of carbonyl (C=O) groups is 1. The Balaban J connectivity index is 1.87. The molecule has 1 aromatic heterocycles. The first-order valence-corrected chi connectivity index (χ1v) is 6.63. The van der Waals surface area contributed by atoms with Crippen LogP contribution in [0.3, 0.4) is 0 Å². The lowest BCUT2D eigenvalue weighted by molar-refractivity contribution is -0.118. The molecule has 0 aliphatic carbocycles. The molecule has 1 amide bonds. The topological polar surface area (TPSA) is 86.0 Å². The molecule has 0 radical (unpaired) electrons. The number of hydrogen-bond acceptors (Lipinski definition) is 5. The first kappa shape index (κ1) is 13.8. The molecule has 5 nitrogen and oxygen atoms in total. The summed E-state index contributed by atoms with van der Waals surface area (Å²) in [5.41, 5.74) is 1.07. The first-order chi connectivity index (χ1) is 9.70. The van der Waals surface area contributed by atoms with Crippen molar-refractivity contribution in [2.75, 3.05) is 11.9 Å². The van der Waals surface area contributed by atoms with E-state index < -0.39 is 5.91 Å². The third-order valence-corrected chi connectivity index (χ3v) is 3.24. The summed E-state index contributed by atoms with van der Waals surface area (Å²) in [7, 11) is 0. The van der Waals surface area contributed by atoms with E-state index in [9.17, 15) is 4.79 Å². The number of nitrogens with zero attached hydrogens (tertiary/aromatic N) is 1. The van der Waals surface area contributed by atoms with Gasteiger partial charge in [-0.05, 0) is 23.6 Å². The molecule has 2 rings (SSSR count). The van der Waals surface area contributed by atoms with Gasteiger partial charge in [-0.25, -0.2) is 0 Å². The number of benzene rings is 1. The maximum absolute atomic E-state index is 11.7. The minimum atomic E-state index is -0.402. The van der Waals surface area contributed by atoms with Crippen LogP contribution in [0, 0.1) is 16.7 Å². The van der Waals surface area contributed by atoms with Gasteiger partial charge in [-0.15, -0.1) is 11.3 Å². The van der Waals surface area contributed by atoms with Gasteiger partial charge in [0.05, 0.1) is 5.69 Å². The second kappa shape index (κ2) is 6.50. The molecule has 0 spiro atoms. The highest BCUT2D eigenvalue weighted by Crippen LogP contribution is 2.20. The second-order valence-corrected chi connectivity index (χ2v) is 4.72. The summed E-state index contributed by atoms with van der Waals surface area (Å²) in [5.74, 6) is -0.466. The number of anilines is 1. The molecule has 2 aromatic rings. The Labute approximate surface area is 119 Å². The van der Waals surface area contributed by atoms with Gasteiger partial charge in [-0.2, -0.15) is 5.26 Å². The van der Waals surface area contributed by atoms with Gasteiger partial charge >= 0.3 is 0 Å². The number of thiophene rings is 1. The summed E-state index contributed by atoms with van der Waals surface area (Å²) in [5, 5.41) is 20.8. The second-order valence-electron chi connectivity index (χ2n) is 3.81. The number of hydrogen-bond donors (Lipinski definition) is 2. The molecule has 1 aromatic carbocycles. The highest BCUT2D eigenvalue weighted by atomic mass is 32.1. The highest BCUT2D eigenvalue weighted by molar-refractivity contribution is 7.11. The average molecular weight is 285 g/mol. The average Bonchev–Trinajstić information content (AvgIpc) is 2.92. The van der Waals surface area contributed by atoms with E-state index in [0.717, 1.165) is 0 Å². The smallest absolute Gasteiger partial charge is 0.262 e. The third-order valence-electron chi connectivity index (χ3n) is 2.42. The molecule has 100 valence electrons. The monoisotopic (exact) mass is 285 g/mol. The maximum atomic E-state index is 11.7. The zero-order valence-electron chi connectivity index (χ0n) is 10.4. The predicted molar refractivity (Wildman–Crippen MR) is 76.9 cm³/mol. The van der Waals surface area contributed by atoms with Crippen molar-refractivity contribution in [2.24, 2.45) is 0 Å². The lowest BCUT2D eigenvalue weighted by atomic mass is 10.2. The molecule has 0 unspecified atom stereocenters. The fraction of sp³-hybridized carbons (Fsp3) is 0.0714. The van der Waals surface area contributed by atoms with Crippen LogP contribution in [-0.4, -0.2) is 18.4 Å². The molecule has 0 fully saturated rings. The molecule has 0 aliphatic rings. The van der Waals surface area contributed by atoms with Crippen LogP contribution >= 0.6 is 11.3 Å². The van der Waals surface area contributed by atoms with Crippen LogP contribution in [0.25, 0.3) is 0 Å². The molecule has 0 aliphatic heterocycles. The van der Waals surface area contributed by atoms with Crippen molar-refractivity contribution in [3.63, 3.8) is 0 Å². The lowest BCUT2D eigenvalue weighted by Gasteiger charge is -2.07. The van der Waals surface area contributed by atoms with Crippen molar-refractivity contribution in [2.45, 2.75) is 0 Å². The third kappa shape index (κ3) is 3.43. The van der Waals surface area contributed by atoms with Crippen molar-refractivity contribution in [3.05, 3.63) is 52.2 Å². The molecular weight excluding hydrogens is 274 g/mol. The predicted octanol–water partition coefficient (Wildman–Crippen LogP) is 2.60. The molecule has 0 saturated carbocycles. The van der Waals surface area contributed by atoms with E-state index in [-0.39, 0.29) is 12.5 Å². The largest absolute Gasteiger partial charge is 0.468 e. The summed E-state index contributed by atoms with van der Waals surface area (Å²) in [6.45, 7) is -0.269. The fourth-order valence-electron chi connectivity index (χ4n) is 1.49. The Kier molecular flexibility index (Phi) is 4.47. The Morgan fingerprint density at radius 3 is 2.80 bits per heavy atom. The van der Waals surface area contributed by atoms with Gasteiger partial charge in [0.25, 0.3) is 5.91 Å². The SMILES string of the molecule is N#Cc1sccc1NC(=O)COC(=N)c1ccccc1. The lowest BCUT2D eigenvalue weighted by Crippen LogP contribution is -2.21. The van der Waals surface area contributed by atoms with Crippen LogP contribution in [0.15, 0.2) is 41.8 Å². The van der Waals surface area contributed by atoms with Gasteiger partial charge < -0.3 is 10.1 Å². The summed E-state index contributed by atoms with van der Waals surface area (Å²) in [6, 6.07) is 12.5. The zero-order chi connectivity index (χ0) is 14.4. The van der Waals surface area contributed by atoms with Crippen molar-refractivity contribution in [1.82, 2.24) is 0 Å². The van der Waals surface area contributed by atoms with Crippen LogP contribution in [-0.2, 0) is 9.53 Å². The first-order valence-electron chi connectivity index (χ1n) is 5.75. The summed E-state index contributed by atoms with van der Waals surface area (Å²) in [6.07, 6.45) is 0. The molecule has 6 heteroatoms. The Hall–Kier alpha value is -2.65. The van der Waals surface area contributed by atoms with Crippen LogP contribution < -0.4 is 5.32 Å². The van der Waals surface area contributed by atoms with Crippen LogP contribution in [0.1, 0.15) is 10.4 Å². The van der Waals surface area contributed by atoms with Crippen LogP contribution in [0.5, 0.6) is 0 Å². The number of amides is 1. The van der Waals surface area contributed by atoms with Gasteiger partial charge in [0.15, 0.2) is 6.61 Å². The molecular formula is C14H11N3O2S. The Morgan fingerprint density at radius 2 is 2.10 bits per heavy atom. The number of nitrogens with one attached hydrogen (secondary N) is 2. The normalized spacial score (nSPS) is 9.55. The Bertz CT molecular complexity index is 659. The standard InChI is InChI=1S/C14H11N3O2S/c15-8-12-11(6-7-20-12)17-13(18)9-19-14(16)10-4-2-1-3-5-10/h1-7,16H,9H2,(H,17,18). The van der Waals surface area contributed by atoms with E-state index in [1.807, 2.05) is 12.1 Å². The van der Waals surface area contributed by atoms with E-state index in [1.165, 1.54) is 11.3 Å². The Morgan fingerprint density at radius 1 is 1.35 bits per heavy atom. The summed E-state index contributed by atoms with van der Waals surface area (Å²) >= 11 is 1.25. The van der Waals surface area contributed by atoms with Gasteiger partial charge in [0.1, 0.15) is 10.9 Å². The van der Waals surface area contributed by atoms with Gasteiger partial charge in [-0.1, -0.05) is 18.2 Å². The molecule has 1 heterocycles. The number of ether oxygens (including phenoxy) is 1. The van der Waals surface area contributed by atoms with Gasteiger partial charge in [0.2, 0.25) is 5.90 Å². The number of nitriles is 1. The van der Waals surface area contributed by atoms with E-state index in [4.69, 9.17) is 15.4 Å².